The summed E-state index contributed by atoms with van der Waals surface area (Å²) in [5.74, 6) is 0.199. The van der Waals surface area contributed by atoms with Gasteiger partial charge in [-0.1, -0.05) is 36.4 Å². The molecule has 0 spiro atoms. The quantitative estimate of drug-likeness (QED) is 0.736. The monoisotopic (exact) mass is 431 g/mol. The second-order valence-electron chi connectivity index (χ2n) is 9.04. The zero-order valence-corrected chi connectivity index (χ0v) is 18.9. The van der Waals surface area contributed by atoms with Crippen molar-refractivity contribution >= 4 is 11.6 Å². The number of para-hydroxylation sites is 1. The van der Waals surface area contributed by atoms with Crippen LogP contribution in [0.15, 0.2) is 48.5 Å². The molecule has 2 fully saturated rings. The average Bonchev–Trinajstić information content (AvgIpc) is 2.81. The highest BCUT2D eigenvalue weighted by Gasteiger charge is 2.23. The predicted molar refractivity (Wildman–Crippen MR) is 127 cm³/mol. The van der Waals surface area contributed by atoms with E-state index in [9.17, 15) is 10.1 Å². The molecule has 2 aliphatic rings. The zero-order chi connectivity index (χ0) is 22.3. The number of likely N-dealkylation sites (tertiary alicyclic amines) is 1. The maximum Gasteiger partial charge on any atom is 0.226 e. The van der Waals surface area contributed by atoms with Crippen LogP contribution in [0.2, 0.25) is 0 Å². The van der Waals surface area contributed by atoms with Gasteiger partial charge >= 0.3 is 0 Å². The summed E-state index contributed by atoms with van der Waals surface area (Å²) in [6, 6.07) is 19.2. The van der Waals surface area contributed by atoms with Crippen LogP contribution in [0, 0.1) is 11.3 Å². The largest absolute Gasteiger partial charge is 0.381 e. The Labute approximate surface area is 191 Å². The van der Waals surface area contributed by atoms with E-state index in [0.29, 0.717) is 24.1 Å². The first-order valence-electron chi connectivity index (χ1n) is 11.7. The van der Waals surface area contributed by atoms with E-state index in [1.807, 2.05) is 29.2 Å². The first-order chi connectivity index (χ1) is 15.6. The van der Waals surface area contributed by atoms with Crippen molar-refractivity contribution in [2.24, 2.45) is 0 Å². The molecule has 2 aliphatic heterocycles. The summed E-state index contributed by atoms with van der Waals surface area (Å²) in [5.41, 5.74) is 3.94. The minimum absolute atomic E-state index is 0.199. The number of benzene rings is 2. The van der Waals surface area contributed by atoms with Gasteiger partial charge in [0.05, 0.1) is 17.7 Å². The molecular formula is C26H33N5O. The van der Waals surface area contributed by atoms with Gasteiger partial charge in [-0.15, -0.1) is 0 Å². The number of carbonyl (C=O) groups excluding carboxylic acids is 1. The lowest BCUT2D eigenvalue weighted by Gasteiger charge is -2.33. The number of amides is 1. The third-order valence-corrected chi connectivity index (χ3v) is 6.49. The number of rotatable bonds is 6. The molecule has 2 saturated heterocycles. The van der Waals surface area contributed by atoms with Crippen molar-refractivity contribution < 1.29 is 4.79 Å². The van der Waals surface area contributed by atoms with Crippen LogP contribution in [0.4, 0.5) is 5.69 Å². The minimum atomic E-state index is 0.199. The van der Waals surface area contributed by atoms with Gasteiger partial charge in [0.15, 0.2) is 0 Å². The number of nitrogens with one attached hydrogen (secondary N) is 2. The lowest BCUT2D eigenvalue weighted by Crippen LogP contribution is -2.48. The molecule has 6 heteroatoms. The molecule has 2 aromatic carbocycles. The molecule has 4 rings (SSSR count). The SMILES string of the molecule is C[C@@H]1CN(Cc2ccc(CC(=O)N3CCC(Nc4ccccc4C#N)CC3)cc2)CCN1. The molecule has 168 valence electrons. The van der Waals surface area contributed by atoms with Crippen molar-refractivity contribution in [3.8, 4) is 6.07 Å². The van der Waals surface area contributed by atoms with Gasteiger partial charge in [0.25, 0.3) is 0 Å². The Kier molecular flexibility index (Phi) is 7.41. The van der Waals surface area contributed by atoms with E-state index < -0.39 is 0 Å². The molecule has 0 unspecified atom stereocenters. The highest BCUT2D eigenvalue weighted by molar-refractivity contribution is 5.79. The van der Waals surface area contributed by atoms with Crippen LogP contribution in [-0.4, -0.2) is 60.5 Å². The molecule has 1 amide bonds. The van der Waals surface area contributed by atoms with Gasteiger partial charge in [0.2, 0.25) is 5.91 Å². The third-order valence-electron chi connectivity index (χ3n) is 6.49. The molecule has 0 saturated carbocycles. The lowest BCUT2D eigenvalue weighted by atomic mass is 10.0. The number of hydrogen-bond acceptors (Lipinski definition) is 5. The average molecular weight is 432 g/mol. The van der Waals surface area contributed by atoms with Crippen LogP contribution in [-0.2, 0) is 17.8 Å². The summed E-state index contributed by atoms with van der Waals surface area (Å²) in [5, 5.41) is 16.2. The van der Waals surface area contributed by atoms with Crippen molar-refractivity contribution in [2.75, 3.05) is 38.0 Å². The number of anilines is 1. The van der Waals surface area contributed by atoms with Crippen molar-refractivity contribution in [3.63, 3.8) is 0 Å². The number of piperidine rings is 1. The van der Waals surface area contributed by atoms with Gasteiger partial charge < -0.3 is 15.5 Å². The first kappa shape index (κ1) is 22.3. The second kappa shape index (κ2) is 10.6. The van der Waals surface area contributed by atoms with E-state index in [-0.39, 0.29) is 5.91 Å². The van der Waals surface area contributed by atoms with E-state index in [0.717, 1.165) is 63.4 Å². The van der Waals surface area contributed by atoms with Crippen LogP contribution in [0.25, 0.3) is 0 Å². The van der Waals surface area contributed by atoms with Gasteiger partial charge in [-0.25, -0.2) is 0 Å². The Morgan fingerprint density at radius 1 is 1.09 bits per heavy atom. The van der Waals surface area contributed by atoms with Crippen LogP contribution >= 0.6 is 0 Å². The topological polar surface area (TPSA) is 71.4 Å². The van der Waals surface area contributed by atoms with Crippen LogP contribution in [0.5, 0.6) is 0 Å². The van der Waals surface area contributed by atoms with Gasteiger partial charge in [0.1, 0.15) is 6.07 Å². The molecule has 0 bridgehead atoms. The van der Waals surface area contributed by atoms with Crippen LogP contribution in [0.3, 0.4) is 0 Å². The standard InChI is InChI=1S/C26H33N5O/c1-20-18-30(15-12-28-20)19-22-8-6-21(7-9-22)16-26(32)31-13-10-24(11-14-31)29-25-5-3-2-4-23(25)17-27/h2-9,20,24,28-29H,10-16,18-19H2,1H3/t20-/m1/s1. The molecule has 0 radical (unpaired) electrons. The zero-order valence-electron chi connectivity index (χ0n) is 18.9. The molecule has 0 aliphatic carbocycles. The maximum absolute atomic E-state index is 12.8. The Morgan fingerprint density at radius 3 is 2.53 bits per heavy atom. The fraction of sp³-hybridized carbons (Fsp3) is 0.462. The highest BCUT2D eigenvalue weighted by atomic mass is 16.2. The third kappa shape index (κ3) is 5.87. The Balaban J connectivity index is 1.24. The van der Waals surface area contributed by atoms with E-state index in [1.165, 1.54) is 5.56 Å². The van der Waals surface area contributed by atoms with Crippen molar-refractivity contribution in [2.45, 2.75) is 44.8 Å². The number of hydrogen-bond donors (Lipinski definition) is 2. The number of nitriles is 1. The van der Waals surface area contributed by atoms with E-state index in [4.69, 9.17) is 0 Å². The summed E-state index contributed by atoms with van der Waals surface area (Å²) < 4.78 is 0. The van der Waals surface area contributed by atoms with Crippen molar-refractivity contribution in [1.82, 2.24) is 15.1 Å². The smallest absolute Gasteiger partial charge is 0.226 e. The van der Waals surface area contributed by atoms with Gasteiger partial charge in [-0.3, -0.25) is 9.69 Å². The fourth-order valence-corrected chi connectivity index (χ4v) is 4.66. The van der Waals surface area contributed by atoms with Crippen LogP contribution < -0.4 is 10.6 Å². The summed E-state index contributed by atoms with van der Waals surface area (Å²) in [4.78, 5) is 17.3. The highest BCUT2D eigenvalue weighted by Crippen LogP contribution is 2.20. The second-order valence-corrected chi connectivity index (χ2v) is 9.04. The Morgan fingerprint density at radius 2 is 1.81 bits per heavy atom. The maximum atomic E-state index is 12.8. The molecule has 1 atom stereocenters. The number of piperazine rings is 1. The lowest BCUT2D eigenvalue weighted by molar-refractivity contribution is -0.131. The Hall–Kier alpha value is -2.88. The van der Waals surface area contributed by atoms with Gasteiger partial charge in [-0.05, 0) is 43.0 Å². The van der Waals surface area contributed by atoms with Crippen molar-refractivity contribution in [1.29, 1.82) is 5.26 Å². The summed E-state index contributed by atoms with van der Waals surface area (Å²) in [7, 11) is 0. The molecule has 32 heavy (non-hydrogen) atoms. The molecule has 0 aromatic heterocycles. The molecular weight excluding hydrogens is 398 g/mol. The first-order valence-corrected chi connectivity index (χ1v) is 11.7. The molecule has 2 N–H and O–H groups in total. The van der Waals surface area contributed by atoms with E-state index in [1.54, 1.807) is 0 Å². The molecule has 2 heterocycles. The fourth-order valence-electron chi connectivity index (χ4n) is 4.66. The van der Waals surface area contributed by atoms with Gasteiger partial charge in [-0.2, -0.15) is 5.26 Å². The van der Waals surface area contributed by atoms with Gasteiger partial charge in [0, 0.05) is 51.4 Å². The summed E-state index contributed by atoms with van der Waals surface area (Å²) in [6.07, 6.45) is 2.25. The van der Waals surface area contributed by atoms with E-state index in [2.05, 4.69) is 52.8 Å². The van der Waals surface area contributed by atoms with Crippen LogP contribution in [0.1, 0.15) is 36.5 Å². The summed E-state index contributed by atoms with van der Waals surface area (Å²) in [6.45, 7) is 7.91. The normalized spacial score (nSPS) is 20.0. The molecule has 6 nitrogen and oxygen atoms in total. The summed E-state index contributed by atoms with van der Waals surface area (Å²) >= 11 is 0. The van der Waals surface area contributed by atoms with E-state index >= 15 is 0 Å². The predicted octanol–water partition coefficient (Wildman–Crippen LogP) is 3.00. The van der Waals surface area contributed by atoms with Crippen molar-refractivity contribution in [3.05, 3.63) is 65.2 Å². The molecule has 2 aromatic rings. The number of carbonyl (C=O) groups is 1. The Bertz CT molecular complexity index is 943. The number of nitrogens with zero attached hydrogens (tertiary/aromatic N) is 3. The minimum Gasteiger partial charge on any atom is -0.381 e.